The minimum atomic E-state index is -2.60. The van der Waals surface area contributed by atoms with Crippen molar-refractivity contribution < 1.29 is 14.3 Å². The first-order chi connectivity index (χ1) is 13.0. The average molecular weight is 519 g/mol. The third-order valence-corrected chi connectivity index (χ3v) is 26.5. The van der Waals surface area contributed by atoms with Gasteiger partial charge in [-0.1, -0.05) is 0 Å². The van der Waals surface area contributed by atoms with Crippen LogP contribution in [0, 0.1) is 0 Å². The summed E-state index contributed by atoms with van der Waals surface area (Å²) in [6.45, 7) is 18.7. The van der Waals surface area contributed by atoms with Crippen LogP contribution in [-0.4, -0.2) is 50.6 Å². The molecule has 0 spiro atoms. The number of hydrogen-bond donors (Lipinski definition) is 1. The predicted octanol–water partition coefficient (Wildman–Crippen LogP) is 7.04. The Bertz CT molecular complexity index is 463. The van der Waals surface area contributed by atoms with Gasteiger partial charge in [-0.15, -0.1) is 0 Å². The number of aliphatic hydroxyl groups is 1. The maximum absolute atomic E-state index is 10.8. The van der Waals surface area contributed by atoms with Crippen LogP contribution >= 0.6 is 0 Å². The molecule has 1 rings (SSSR count). The molecule has 0 saturated heterocycles. The van der Waals surface area contributed by atoms with Crippen LogP contribution in [0.25, 0.3) is 0 Å². The summed E-state index contributed by atoms with van der Waals surface area (Å²) in [4.78, 5) is 0. The summed E-state index contributed by atoms with van der Waals surface area (Å²) in [5.41, 5.74) is 0. The number of ether oxygens (including phenoxy) is 1. The van der Waals surface area contributed by atoms with Gasteiger partial charge in [0, 0.05) is 0 Å². The van der Waals surface area contributed by atoms with Gasteiger partial charge in [-0.05, 0) is 0 Å². The summed E-state index contributed by atoms with van der Waals surface area (Å²) in [6.07, 6.45) is 9.10. The van der Waals surface area contributed by atoms with Crippen molar-refractivity contribution in [1.82, 2.24) is 0 Å². The molecule has 2 atom stereocenters. The predicted molar refractivity (Wildman–Crippen MR) is 127 cm³/mol. The van der Waals surface area contributed by atoms with E-state index >= 15 is 0 Å². The maximum atomic E-state index is 10.8. The van der Waals surface area contributed by atoms with Crippen LogP contribution in [-0.2, 0) is 9.16 Å². The van der Waals surface area contributed by atoms with E-state index < -0.39 is 32.8 Å². The SMILES string of the molecule is CCC[CH2][Sn]([CH2]CCC)([CH2]CCC)[C]1=CC(O)C(CO[Si](C)(C)C(C)(C)C)O1. The van der Waals surface area contributed by atoms with Gasteiger partial charge in [0.05, 0.1) is 0 Å². The van der Waals surface area contributed by atoms with Crippen LogP contribution in [0.2, 0.25) is 31.4 Å². The molecule has 0 radical (unpaired) electrons. The summed E-state index contributed by atoms with van der Waals surface area (Å²) < 4.78 is 18.3. The minimum absolute atomic E-state index is 0.180. The van der Waals surface area contributed by atoms with Crippen molar-refractivity contribution in [2.24, 2.45) is 0 Å². The van der Waals surface area contributed by atoms with E-state index in [2.05, 4.69) is 60.7 Å². The monoisotopic (exact) mass is 520 g/mol. The summed E-state index contributed by atoms with van der Waals surface area (Å²) in [6, 6.07) is 0. The number of hydrogen-bond acceptors (Lipinski definition) is 3. The molecule has 0 bridgehead atoms. The molecule has 0 aromatic rings. The molecule has 0 amide bonds. The molecule has 2 unspecified atom stereocenters. The molecule has 0 fully saturated rings. The van der Waals surface area contributed by atoms with Gasteiger partial charge in [0.25, 0.3) is 0 Å². The summed E-state index contributed by atoms with van der Waals surface area (Å²) in [5, 5.41) is 10.9. The molecule has 5 heteroatoms. The van der Waals surface area contributed by atoms with E-state index in [4.69, 9.17) is 9.16 Å². The van der Waals surface area contributed by atoms with Crippen LogP contribution < -0.4 is 0 Å². The van der Waals surface area contributed by atoms with Gasteiger partial charge in [0.15, 0.2) is 0 Å². The van der Waals surface area contributed by atoms with Gasteiger partial charge in [-0.2, -0.15) is 0 Å². The zero-order chi connectivity index (χ0) is 21.4. The Morgan fingerprint density at radius 3 is 1.86 bits per heavy atom. The zero-order valence-electron chi connectivity index (χ0n) is 20.1. The molecule has 0 aromatic carbocycles. The molecule has 3 nitrogen and oxygen atoms in total. The van der Waals surface area contributed by atoms with E-state index in [9.17, 15) is 5.11 Å². The first-order valence-corrected chi connectivity index (χ1v) is 22.1. The molecule has 1 heterocycles. The van der Waals surface area contributed by atoms with E-state index in [0.717, 1.165) is 0 Å². The van der Waals surface area contributed by atoms with Crippen molar-refractivity contribution in [3.8, 4) is 0 Å². The average Bonchev–Trinajstić information content (AvgIpc) is 3.00. The van der Waals surface area contributed by atoms with E-state index in [1.165, 1.54) is 55.6 Å². The van der Waals surface area contributed by atoms with Crippen LogP contribution in [0.3, 0.4) is 0 Å². The second-order valence-corrected chi connectivity index (χ2v) is 28.1. The summed E-state index contributed by atoms with van der Waals surface area (Å²) in [5.74, 6) is 0. The molecule has 166 valence electrons. The fourth-order valence-electron chi connectivity index (χ4n) is 3.77. The Labute approximate surface area is 180 Å². The van der Waals surface area contributed by atoms with Crippen molar-refractivity contribution in [3.05, 3.63) is 9.85 Å². The first kappa shape index (κ1) is 26.5. The molecular formula is C23H48O3SiSn. The molecule has 28 heavy (non-hydrogen) atoms. The van der Waals surface area contributed by atoms with Crippen molar-refractivity contribution in [3.63, 3.8) is 0 Å². The van der Waals surface area contributed by atoms with E-state index in [1.807, 2.05) is 0 Å². The van der Waals surface area contributed by atoms with Gasteiger partial charge in [0.2, 0.25) is 0 Å². The normalized spacial score (nSPS) is 21.0. The van der Waals surface area contributed by atoms with Crippen LogP contribution in [0.15, 0.2) is 9.85 Å². The van der Waals surface area contributed by atoms with Gasteiger partial charge in [0.1, 0.15) is 0 Å². The van der Waals surface area contributed by atoms with Crippen molar-refractivity contribution >= 4 is 26.7 Å². The summed E-state index contributed by atoms with van der Waals surface area (Å²) >= 11 is -2.60. The molecule has 0 aromatic heterocycles. The molecular weight excluding hydrogens is 471 g/mol. The fourth-order valence-corrected chi connectivity index (χ4v) is 20.5. The van der Waals surface area contributed by atoms with Crippen LogP contribution in [0.1, 0.15) is 80.1 Å². The van der Waals surface area contributed by atoms with Crippen molar-refractivity contribution in [2.75, 3.05) is 6.61 Å². The van der Waals surface area contributed by atoms with Crippen LogP contribution in [0.5, 0.6) is 0 Å². The third-order valence-electron chi connectivity index (χ3n) is 6.95. The second-order valence-electron chi connectivity index (χ2n) is 10.3. The van der Waals surface area contributed by atoms with Gasteiger partial charge >= 0.3 is 181 Å². The Morgan fingerprint density at radius 2 is 1.46 bits per heavy atom. The van der Waals surface area contributed by atoms with Crippen molar-refractivity contribution in [1.29, 1.82) is 0 Å². The molecule has 1 aliphatic rings. The fraction of sp³-hybridized carbons (Fsp3) is 0.913. The Kier molecular flexibility index (Phi) is 11.1. The van der Waals surface area contributed by atoms with Gasteiger partial charge in [-0.25, -0.2) is 0 Å². The molecule has 1 N–H and O–H groups in total. The number of rotatable bonds is 13. The quantitative estimate of drug-likeness (QED) is 0.265. The molecule has 0 saturated carbocycles. The van der Waals surface area contributed by atoms with Crippen molar-refractivity contribution in [2.45, 2.75) is 124 Å². The zero-order valence-corrected chi connectivity index (χ0v) is 23.9. The standard InChI is InChI=1S/C11H21O3Si.3C4H9.Sn/c1-11(2,3)15(4,5)14-8-10-9(12)6-7-13-10;3*1-3-4-2;/h6,9-10,12H,8H2,1-5H3;3*1,3-4H2,2H3;. The third kappa shape index (κ3) is 7.31. The second kappa shape index (κ2) is 11.8. The number of unbranched alkanes of at least 4 members (excludes halogenated alkanes) is 3. The first-order valence-electron chi connectivity index (χ1n) is 11.7. The van der Waals surface area contributed by atoms with E-state index in [-0.39, 0.29) is 11.1 Å². The van der Waals surface area contributed by atoms with Gasteiger partial charge in [-0.3, -0.25) is 0 Å². The Morgan fingerprint density at radius 1 is 1.00 bits per heavy atom. The Balaban J connectivity index is 2.92. The topological polar surface area (TPSA) is 38.7 Å². The Hall–Kier alpha value is 0.476. The molecule has 0 aliphatic carbocycles. The summed E-state index contributed by atoms with van der Waals surface area (Å²) in [7, 11) is -1.83. The van der Waals surface area contributed by atoms with E-state index in [0.29, 0.717) is 6.61 Å². The van der Waals surface area contributed by atoms with Crippen LogP contribution in [0.4, 0.5) is 0 Å². The van der Waals surface area contributed by atoms with E-state index in [1.54, 1.807) is 0 Å². The van der Waals surface area contributed by atoms with Gasteiger partial charge < -0.3 is 0 Å². The number of aliphatic hydroxyl groups excluding tert-OH is 1. The molecule has 1 aliphatic heterocycles.